The monoisotopic (exact) mass is 402 g/mol. The summed E-state index contributed by atoms with van der Waals surface area (Å²) in [6.07, 6.45) is 10.5. The minimum absolute atomic E-state index is 0.0424. The SMILES string of the molecule is CC(C)Nc1ncc(-c2ccncc2)c(C2CCN(C(=O)c3cccnc3)CC2)n1. The molecule has 1 fully saturated rings. The van der Waals surface area contributed by atoms with Crippen molar-refractivity contribution in [2.24, 2.45) is 0 Å². The van der Waals surface area contributed by atoms with Crippen LogP contribution in [0, 0.1) is 0 Å². The van der Waals surface area contributed by atoms with Crippen molar-refractivity contribution in [1.29, 1.82) is 0 Å². The van der Waals surface area contributed by atoms with Crippen molar-refractivity contribution in [3.8, 4) is 11.1 Å². The smallest absolute Gasteiger partial charge is 0.255 e. The minimum atomic E-state index is 0.0424. The fourth-order valence-corrected chi connectivity index (χ4v) is 3.82. The van der Waals surface area contributed by atoms with Crippen molar-refractivity contribution in [2.45, 2.75) is 38.6 Å². The van der Waals surface area contributed by atoms with Crippen LogP contribution in [-0.2, 0) is 0 Å². The van der Waals surface area contributed by atoms with Gasteiger partial charge in [-0.25, -0.2) is 9.97 Å². The molecular formula is C23H26N6O. The average molecular weight is 403 g/mol. The van der Waals surface area contributed by atoms with Gasteiger partial charge in [-0.15, -0.1) is 0 Å². The molecule has 0 saturated carbocycles. The Hall–Kier alpha value is -3.35. The molecule has 154 valence electrons. The van der Waals surface area contributed by atoms with Crippen molar-refractivity contribution in [2.75, 3.05) is 18.4 Å². The van der Waals surface area contributed by atoms with Crippen molar-refractivity contribution in [3.63, 3.8) is 0 Å². The van der Waals surface area contributed by atoms with E-state index in [1.807, 2.05) is 29.3 Å². The van der Waals surface area contributed by atoms with Crippen LogP contribution in [0.4, 0.5) is 5.95 Å². The molecule has 7 heteroatoms. The fourth-order valence-electron chi connectivity index (χ4n) is 3.82. The molecule has 4 rings (SSSR count). The molecule has 30 heavy (non-hydrogen) atoms. The summed E-state index contributed by atoms with van der Waals surface area (Å²) < 4.78 is 0. The van der Waals surface area contributed by atoms with E-state index in [1.54, 1.807) is 30.9 Å². The maximum atomic E-state index is 12.8. The summed E-state index contributed by atoms with van der Waals surface area (Å²) in [5.74, 6) is 0.953. The molecule has 1 saturated heterocycles. The lowest BCUT2D eigenvalue weighted by molar-refractivity contribution is 0.0712. The molecule has 0 aliphatic carbocycles. The molecule has 1 aliphatic rings. The highest BCUT2D eigenvalue weighted by atomic mass is 16.2. The number of likely N-dealkylation sites (tertiary alicyclic amines) is 1. The number of carbonyl (C=O) groups is 1. The van der Waals surface area contributed by atoms with E-state index in [0.717, 1.165) is 29.7 Å². The molecule has 4 heterocycles. The number of anilines is 1. The van der Waals surface area contributed by atoms with Crippen LogP contribution in [0.5, 0.6) is 0 Å². The summed E-state index contributed by atoms with van der Waals surface area (Å²) in [6.45, 7) is 5.54. The zero-order valence-electron chi connectivity index (χ0n) is 17.3. The number of amides is 1. The molecule has 1 aliphatic heterocycles. The van der Waals surface area contributed by atoms with Crippen LogP contribution in [0.2, 0.25) is 0 Å². The third-order valence-corrected chi connectivity index (χ3v) is 5.30. The second kappa shape index (κ2) is 8.98. The first-order valence-electron chi connectivity index (χ1n) is 10.3. The molecule has 3 aromatic rings. The van der Waals surface area contributed by atoms with Crippen LogP contribution in [-0.4, -0.2) is 49.9 Å². The van der Waals surface area contributed by atoms with Crippen molar-refractivity contribution in [1.82, 2.24) is 24.8 Å². The average Bonchev–Trinajstić information content (AvgIpc) is 2.79. The number of hydrogen-bond acceptors (Lipinski definition) is 6. The highest BCUT2D eigenvalue weighted by Crippen LogP contribution is 2.34. The van der Waals surface area contributed by atoms with Crippen LogP contribution in [0.1, 0.15) is 48.7 Å². The maximum Gasteiger partial charge on any atom is 0.255 e. The summed E-state index contributed by atoms with van der Waals surface area (Å²) in [4.78, 5) is 32.3. The number of piperidine rings is 1. The van der Waals surface area contributed by atoms with E-state index in [9.17, 15) is 4.79 Å². The van der Waals surface area contributed by atoms with Gasteiger partial charge in [0, 0.05) is 61.6 Å². The van der Waals surface area contributed by atoms with Gasteiger partial charge in [0.25, 0.3) is 5.91 Å². The van der Waals surface area contributed by atoms with E-state index in [0.29, 0.717) is 24.6 Å². The highest BCUT2D eigenvalue weighted by Gasteiger charge is 2.27. The predicted octanol–water partition coefficient (Wildman–Crippen LogP) is 3.77. The quantitative estimate of drug-likeness (QED) is 0.699. The Morgan fingerprint density at radius 3 is 2.50 bits per heavy atom. The number of pyridine rings is 2. The van der Waals surface area contributed by atoms with E-state index in [1.165, 1.54) is 0 Å². The number of carbonyl (C=O) groups excluding carboxylic acids is 1. The lowest BCUT2D eigenvalue weighted by atomic mass is 9.89. The van der Waals surface area contributed by atoms with Crippen LogP contribution in [0.25, 0.3) is 11.1 Å². The van der Waals surface area contributed by atoms with Crippen molar-refractivity contribution < 1.29 is 4.79 Å². The summed E-state index contributed by atoms with van der Waals surface area (Å²) in [5, 5.41) is 3.31. The molecule has 0 bridgehead atoms. The number of rotatable bonds is 5. The standard InChI is InChI=1S/C23H26N6O/c1-16(2)27-23-26-15-20(17-5-10-24-11-6-17)21(28-23)18-7-12-29(13-8-18)22(30)19-4-3-9-25-14-19/h3-6,9-11,14-16,18H,7-8,12-13H2,1-2H3,(H,26,27,28). The van der Waals surface area contributed by atoms with E-state index in [2.05, 4.69) is 34.1 Å². The molecule has 0 unspecified atom stereocenters. The predicted molar refractivity (Wildman–Crippen MR) is 116 cm³/mol. The van der Waals surface area contributed by atoms with Crippen molar-refractivity contribution in [3.05, 3.63) is 66.5 Å². The topological polar surface area (TPSA) is 83.9 Å². The summed E-state index contributed by atoms with van der Waals surface area (Å²) >= 11 is 0. The van der Waals surface area contributed by atoms with E-state index in [-0.39, 0.29) is 17.9 Å². The lowest BCUT2D eigenvalue weighted by Crippen LogP contribution is -2.38. The Morgan fingerprint density at radius 2 is 1.83 bits per heavy atom. The first-order chi connectivity index (χ1) is 14.6. The van der Waals surface area contributed by atoms with E-state index < -0.39 is 0 Å². The second-order valence-electron chi connectivity index (χ2n) is 7.84. The Kier molecular flexibility index (Phi) is 5.97. The van der Waals surface area contributed by atoms with Gasteiger partial charge in [-0.05, 0) is 56.5 Å². The van der Waals surface area contributed by atoms with E-state index in [4.69, 9.17) is 4.98 Å². The van der Waals surface area contributed by atoms with Gasteiger partial charge in [0.05, 0.1) is 11.3 Å². The van der Waals surface area contributed by atoms with Crippen molar-refractivity contribution >= 4 is 11.9 Å². The zero-order valence-corrected chi connectivity index (χ0v) is 17.3. The summed E-state index contributed by atoms with van der Waals surface area (Å²) in [5.41, 5.74) is 3.76. The first kappa shape index (κ1) is 19.9. The number of hydrogen-bond donors (Lipinski definition) is 1. The van der Waals surface area contributed by atoms with Gasteiger partial charge in [-0.3, -0.25) is 14.8 Å². The molecule has 1 N–H and O–H groups in total. The van der Waals surface area contributed by atoms with Gasteiger partial charge in [-0.2, -0.15) is 0 Å². The lowest BCUT2D eigenvalue weighted by Gasteiger charge is -2.32. The van der Waals surface area contributed by atoms with Gasteiger partial charge in [0.15, 0.2) is 0 Å². The maximum absolute atomic E-state index is 12.8. The first-order valence-corrected chi connectivity index (χ1v) is 10.3. The molecule has 0 aromatic carbocycles. The van der Waals surface area contributed by atoms with Gasteiger partial charge < -0.3 is 10.2 Å². The molecule has 0 radical (unpaired) electrons. The molecule has 1 amide bonds. The molecule has 3 aromatic heterocycles. The molecule has 7 nitrogen and oxygen atoms in total. The third-order valence-electron chi connectivity index (χ3n) is 5.30. The van der Waals surface area contributed by atoms with Gasteiger partial charge in [0.2, 0.25) is 5.95 Å². The fraction of sp³-hybridized carbons (Fsp3) is 0.348. The molecular weight excluding hydrogens is 376 g/mol. The van der Waals surface area contributed by atoms with Crippen LogP contribution < -0.4 is 5.32 Å². The second-order valence-corrected chi connectivity index (χ2v) is 7.84. The zero-order chi connectivity index (χ0) is 20.9. The summed E-state index contributed by atoms with van der Waals surface area (Å²) in [7, 11) is 0. The molecule has 0 atom stereocenters. The van der Waals surface area contributed by atoms with Crippen LogP contribution in [0.15, 0.2) is 55.2 Å². The van der Waals surface area contributed by atoms with Crippen LogP contribution >= 0.6 is 0 Å². The normalized spacial score (nSPS) is 14.7. The largest absolute Gasteiger partial charge is 0.352 e. The number of aromatic nitrogens is 4. The third kappa shape index (κ3) is 4.45. The Morgan fingerprint density at radius 1 is 1.07 bits per heavy atom. The number of nitrogens with zero attached hydrogens (tertiary/aromatic N) is 5. The van der Waals surface area contributed by atoms with E-state index >= 15 is 0 Å². The van der Waals surface area contributed by atoms with Gasteiger partial charge in [0.1, 0.15) is 0 Å². The Balaban J connectivity index is 1.56. The highest BCUT2D eigenvalue weighted by molar-refractivity contribution is 5.93. The van der Waals surface area contributed by atoms with Gasteiger partial charge >= 0.3 is 0 Å². The van der Waals surface area contributed by atoms with Crippen LogP contribution in [0.3, 0.4) is 0 Å². The van der Waals surface area contributed by atoms with Gasteiger partial charge in [-0.1, -0.05) is 0 Å². The minimum Gasteiger partial charge on any atom is -0.352 e. The Bertz CT molecular complexity index is 985. The molecule has 0 spiro atoms. The summed E-state index contributed by atoms with van der Waals surface area (Å²) in [6, 6.07) is 7.84. The Labute approximate surface area is 176 Å². The number of nitrogens with one attached hydrogen (secondary N) is 1.